The Kier molecular flexibility index (Phi) is 8.95. The molecule has 3 aromatic carbocycles. The predicted octanol–water partition coefficient (Wildman–Crippen LogP) is 4.63. The van der Waals surface area contributed by atoms with Crippen molar-refractivity contribution in [1.29, 1.82) is 0 Å². The van der Waals surface area contributed by atoms with E-state index in [4.69, 9.17) is 22.1 Å². The van der Waals surface area contributed by atoms with Gasteiger partial charge in [-0.05, 0) is 61.0 Å². The number of para-hydroxylation sites is 1. The van der Waals surface area contributed by atoms with Crippen LogP contribution in [-0.4, -0.2) is 36.4 Å². The zero-order valence-electron chi connectivity index (χ0n) is 18.3. The molecule has 3 N–H and O–H groups in total. The molecule has 0 bridgehead atoms. The van der Waals surface area contributed by atoms with Gasteiger partial charge in [-0.25, -0.2) is 8.78 Å². The number of halogens is 3. The van der Waals surface area contributed by atoms with Gasteiger partial charge in [0.05, 0.1) is 0 Å². The Labute approximate surface area is 201 Å². The molecule has 178 valence electrons. The molecule has 0 aliphatic rings. The number of anilines is 1. The summed E-state index contributed by atoms with van der Waals surface area (Å²) >= 11 is 6.33. The molecule has 6 nitrogen and oxygen atoms in total. The first-order chi connectivity index (χ1) is 16.4. The lowest BCUT2D eigenvalue weighted by Crippen LogP contribution is -2.33. The summed E-state index contributed by atoms with van der Waals surface area (Å²) in [5.74, 6) is -2.06. The number of hydrogen-bond acceptors (Lipinski definition) is 4. The van der Waals surface area contributed by atoms with Crippen molar-refractivity contribution >= 4 is 29.1 Å². The SMILES string of the molecule is NCCCN(Cc1cc(NC(=O)COc2ccccc2)ccc1Cl)C(=O)c1cc(F)cc(F)c1. The first-order valence-corrected chi connectivity index (χ1v) is 10.9. The van der Waals surface area contributed by atoms with Crippen LogP contribution in [-0.2, 0) is 11.3 Å². The molecule has 34 heavy (non-hydrogen) atoms. The Bertz CT molecular complexity index is 1130. The van der Waals surface area contributed by atoms with Gasteiger partial charge in [-0.1, -0.05) is 29.8 Å². The van der Waals surface area contributed by atoms with Gasteiger partial charge in [0.2, 0.25) is 0 Å². The van der Waals surface area contributed by atoms with Crippen molar-refractivity contribution in [3.8, 4) is 5.75 Å². The molecule has 0 aliphatic heterocycles. The van der Waals surface area contributed by atoms with E-state index in [1.54, 1.807) is 42.5 Å². The number of carbonyl (C=O) groups is 2. The minimum absolute atomic E-state index is 0.0556. The third-order valence-electron chi connectivity index (χ3n) is 4.83. The average Bonchev–Trinajstić information content (AvgIpc) is 2.82. The number of carbonyl (C=O) groups excluding carboxylic acids is 2. The number of ether oxygens (including phenoxy) is 1. The zero-order valence-corrected chi connectivity index (χ0v) is 19.0. The second-order valence-corrected chi connectivity index (χ2v) is 7.89. The Morgan fingerprint density at radius 2 is 1.71 bits per heavy atom. The maximum Gasteiger partial charge on any atom is 0.262 e. The summed E-state index contributed by atoms with van der Waals surface area (Å²) in [5.41, 5.74) is 6.48. The molecule has 0 atom stereocenters. The summed E-state index contributed by atoms with van der Waals surface area (Å²) in [4.78, 5) is 26.7. The quantitative estimate of drug-likeness (QED) is 0.437. The van der Waals surface area contributed by atoms with E-state index in [1.807, 2.05) is 6.07 Å². The normalized spacial score (nSPS) is 10.6. The Morgan fingerprint density at radius 3 is 2.38 bits per heavy atom. The van der Waals surface area contributed by atoms with Gasteiger partial charge >= 0.3 is 0 Å². The molecule has 0 radical (unpaired) electrons. The standard InChI is InChI=1S/C25H24ClF2N3O3/c26-23-8-7-21(30-24(32)16-34-22-5-2-1-3-6-22)13-18(23)15-31(10-4-9-29)25(33)17-11-19(27)14-20(28)12-17/h1-3,5-8,11-14H,4,9-10,15-16,29H2,(H,30,32). The monoisotopic (exact) mass is 487 g/mol. The van der Waals surface area contributed by atoms with Crippen molar-refractivity contribution in [3.05, 3.63) is 94.5 Å². The van der Waals surface area contributed by atoms with E-state index in [0.29, 0.717) is 41.1 Å². The van der Waals surface area contributed by atoms with Gasteiger partial charge in [0, 0.05) is 35.4 Å². The molecule has 0 saturated carbocycles. The number of nitrogens with one attached hydrogen (secondary N) is 1. The summed E-state index contributed by atoms with van der Waals surface area (Å²) in [7, 11) is 0. The number of amides is 2. The third kappa shape index (κ3) is 7.26. The summed E-state index contributed by atoms with van der Waals surface area (Å²) in [6.07, 6.45) is 0.481. The molecule has 3 rings (SSSR count). The van der Waals surface area contributed by atoms with Crippen LogP contribution in [0.1, 0.15) is 22.3 Å². The van der Waals surface area contributed by atoms with Crippen molar-refractivity contribution in [2.75, 3.05) is 25.0 Å². The van der Waals surface area contributed by atoms with E-state index in [0.717, 1.165) is 12.1 Å². The molecular weight excluding hydrogens is 464 g/mol. The van der Waals surface area contributed by atoms with E-state index in [9.17, 15) is 18.4 Å². The van der Waals surface area contributed by atoms with Crippen molar-refractivity contribution in [2.45, 2.75) is 13.0 Å². The van der Waals surface area contributed by atoms with Crippen molar-refractivity contribution in [2.24, 2.45) is 5.73 Å². The highest BCUT2D eigenvalue weighted by Gasteiger charge is 2.19. The maximum atomic E-state index is 13.6. The number of nitrogens with two attached hydrogens (primary N) is 1. The number of benzene rings is 3. The van der Waals surface area contributed by atoms with E-state index in [1.165, 1.54) is 4.90 Å². The minimum atomic E-state index is -0.845. The fourth-order valence-electron chi connectivity index (χ4n) is 3.24. The first kappa shape index (κ1) is 25.1. The van der Waals surface area contributed by atoms with Crippen LogP contribution in [0.25, 0.3) is 0 Å². The van der Waals surface area contributed by atoms with E-state index in [2.05, 4.69) is 5.32 Å². The van der Waals surface area contributed by atoms with Crippen LogP contribution in [0.3, 0.4) is 0 Å². The number of hydrogen-bond donors (Lipinski definition) is 2. The largest absolute Gasteiger partial charge is 0.484 e. The summed E-state index contributed by atoms with van der Waals surface area (Å²) in [5, 5.41) is 3.10. The average molecular weight is 488 g/mol. The van der Waals surface area contributed by atoms with Crippen LogP contribution in [0.15, 0.2) is 66.7 Å². The Balaban J connectivity index is 1.72. The van der Waals surface area contributed by atoms with Crippen LogP contribution in [0, 0.1) is 11.6 Å². The van der Waals surface area contributed by atoms with Crippen molar-refractivity contribution < 1.29 is 23.1 Å². The molecule has 2 amide bonds. The van der Waals surface area contributed by atoms with Crippen molar-refractivity contribution in [3.63, 3.8) is 0 Å². The van der Waals surface area contributed by atoms with Gasteiger partial charge in [0.1, 0.15) is 17.4 Å². The molecule has 0 aliphatic carbocycles. The third-order valence-corrected chi connectivity index (χ3v) is 5.20. The topological polar surface area (TPSA) is 84.7 Å². The fourth-order valence-corrected chi connectivity index (χ4v) is 3.41. The van der Waals surface area contributed by atoms with Crippen LogP contribution in [0.2, 0.25) is 5.02 Å². The van der Waals surface area contributed by atoms with Crippen LogP contribution in [0.4, 0.5) is 14.5 Å². The maximum absolute atomic E-state index is 13.6. The van der Waals surface area contributed by atoms with Crippen LogP contribution >= 0.6 is 11.6 Å². The zero-order chi connectivity index (χ0) is 24.5. The Morgan fingerprint density at radius 1 is 1.00 bits per heavy atom. The summed E-state index contributed by atoms with van der Waals surface area (Å²) in [6.45, 7) is 0.450. The Hall–Kier alpha value is -3.49. The molecule has 0 aromatic heterocycles. The molecular formula is C25H24ClF2N3O3. The molecule has 3 aromatic rings. The predicted molar refractivity (Wildman–Crippen MR) is 127 cm³/mol. The molecule has 0 spiro atoms. The van der Waals surface area contributed by atoms with Gasteiger partial charge in [-0.2, -0.15) is 0 Å². The number of nitrogens with zero attached hydrogens (tertiary/aromatic N) is 1. The summed E-state index contributed by atoms with van der Waals surface area (Å²) in [6, 6.07) is 16.4. The second-order valence-electron chi connectivity index (χ2n) is 7.48. The van der Waals surface area contributed by atoms with Gasteiger partial charge in [0.15, 0.2) is 6.61 Å². The smallest absolute Gasteiger partial charge is 0.262 e. The number of rotatable bonds is 10. The van der Waals surface area contributed by atoms with Gasteiger partial charge < -0.3 is 20.7 Å². The van der Waals surface area contributed by atoms with E-state index < -0.39 is 17.5 Å². The first-order valence-electron chi connectivity index (χ1n) is 10.6. The summed E-state index contributed by atoms with van der Waals surface area (Å²) < 4.78 is 32.7. The molecule has 0 fully saturated rings. The highest BCUT2D eigenvalue weighted by Crippen LogP contribution is 2.24. The molecule has 9 heteroatoms. The lowest BCUT2D eigenvalue weighted by atomic mass is 10.1. The van der Waals surface area contributed by atoms with E-state index >= 15 is 0 Å². The molecule has 0 saturated heterocycles. The second kappa shape index (κ2) is 12.1. The molecule has 0 unspecified atom stereocenters. The van der Waals surface area contributed by atoms with E-state index in [-0.39, 0.29) is 31.2 Å². The van der Waals surface area contributed by atoms with Crippen molar-refractivity contribution in [1.82, 2.24) is 4.90 Å². The van der Waals surface area contributed by atoms with Gasteiger partial charge in [-0.3, -0.25) is 9.59 Å². The lowest BCUT2D eigenvalue weighted by Gasteiger charge is -2.24. The lowest BCUT2D eigenvalue weighted by molar-refractivity contribution is -0.118. The van der Waals surface area contributed by atoms with Crippen LogP contribution < -0.4 is 15.8 Å². The molecule has 0 heterocycles. The minimum Gasteiger partial charge on any atom is -0.484 e. The van der Waals surface area contributed by atoms with Crippen LogP contribution in [0.5, 0.6) is 5.75 Å². The highest BCUT2D eigenvalue weighted by atomic mass is 35.5. The van der Waals surface area contributed by atoms with Gasteiger partial charge in [0.25, 0.3) is 11.8 Å². The highest BCUT2D eigenvalue weighted by molar-refractivity contribution is 6.31. The fraction of sp³-hybridized carbons (Fsp3) is 0.200. The van der Waals surface area contributed by atoms with Gasteiger partial charge in [-0.15, -0.1) is 0 Å².